The number of ether oxygens (including phenoxy) is 4. The van der Waals surface area contributed by atoms with Crippen molar-refractivity contribution in [2.24, 2.45) is 0 Å². The van der Waals surface area contributed by atoms with Gasteiger partial charge in [-0.15, -0.1) is 10.2 Å². The van der Waals surface area contributed by atoms with Gasteiger partial charge in [0, 0.05) is 45.7 Å². The summed E-state index contributed by atoms with van der Waals surface area (Å²) in [6.45, 7) is 0.398. The number of amides is 2. The highest BCUT2D eigenvalue weighted by Gasteiger charge is 2.21. The number of halogens is 2. The molecule has 0 bridgehead atoms. The average Bonchev–Trinajstić information content (AvgIpc) is 3.89. The first-order valence-electron chi connectivity index (χ1n) is 16.1. The van der Waals surface area contributed by atoms with E-state index in [4.69, 9.17) is 51.8 Å². The molecule has 0 radical (unpaired) electrons. The molecule has 0 saturated carbocycles. The van der Waals surface area contributed by atoms with Crippen molar-refractivity contribution in [3.8, 4) is 23.1 Å². The van der Waals surface area contributed by atoms with Crippen molar-refractivity contribution in [3.63, 3.8) is 0 Å². The van der Waals surface area contributed by atoms with Crippen LogP contribution in [0.2, 0.25) is 10.0 Å². The van der Waals surface area contributed by atoms with Crippen LogP contribution >= 0.6 is 23.2 Å². The molecule has 0 aliphatic carbocycles. The predicted octanol–water partition coefficient (Wildman–Crippen LogP) is 8.48. The highest BCUT2D eigenvalue weighted by atomic mass is 35.5. The number of para-hydroxylation sites is 2. The maximum atomic E-state index is 11.9. The smallest absolute Gasteiger partial charge is 0.438 e. The highest BCUT2D eigenvalue weighted by Crippen LogP contribution is 2.25. The van der Waals surface area contributed by atoms with Crippen LogP contribution in [0.3, 0.4) is 0 Å². The number of benzene rings is 4. The number of hydrogen-bond donors (Lipinski definition) is 0. The number of hydroxylamine groups is 2. The van der Waals surface area contributed by atoms with Crippen LogP contribution in [0.4, 0.5) is 21.0 Å². The normalized spacial score (nSPS) is 10.5. The molecular formula is C38H36Cl2N6O8. The molecule has 14 nitrogen and oxygen atoms in total. The van der Waals surface area contributed by atoms with Gasteiger partial charge in [0.1, 0.15) is 13.2 Å². The predicted molar refractivity (Wildman–Crippen MR) is 202 cm³/mol. The Morgan fingerprint density at radius 1 is 0.556 bits per heavy atom. The van der Waals surface area contributed by atoms with Gasteiger partial charge in [-0.2, -0.15) is 10.1 Å². The number of methoxy groups -OCH3 is 2. The Morgan fingerprint density at radius 3 is 1.28 bits per heavy atom. The second-order valence-electron chi connectivity index (χ2n) is 10.9. The Kier molecular flexibility index (Phi) is 13.9. The molecule has 0 aliphatic heterocycles. The van der Waals surface area contributed by atoms with E-state index in [1.807, 2.05) is 48.5 Å². The summed E-state index contributed by atoms with van der Waals surface area (Å²) in [5.74, 6) is 0.892. The molecule has 16 heteroatoms. The van der Waals surface area contributed by atoms with Crippen LogP contribution in [0, 0.1) is 0 Å². The topological polar surface area (TPSA) is 132 Å². The molecule has 2 aromatic heterocycles. The van der Waals surface area contributed by atoms with Crippen molar-refractivity contribution in [3.05, 3.63) is 143 Å². The minimum absolute atomic E-state index is 0.199. The van der Waals surface area contributed by atoms with Crippen LogP contribution in [0.5, 0.6) is 11.8 Å². The Morgan fingerprint density at radius 2 is 0.926 bits per heavy atom. The van der Waals surface area contributed by atoms with Gasteiger partial charge in [-0.3, -0.25) is 9.68 Å². The minimum atomic E-state index is -0.628. The van der Waals surface area contributed by atoms with Crippen molar-refractivity contribution in [2.75, 3.05) is 38.6 Å². The first kappa shape index (κ1) is 39.2. The number of nitrogens with zero attached hydrogens (tertiary/aromatic N) is 6. The Labute approximate surface area is 321 Å². The summed E-state index contributed by atoms with van der Waals surface area (Å²) in [6, 6.07) is 32.6. The van der Waals surface area contributed by atoms with Gasteiger partial charge in [0.15, 0.2) is 0 Å². The zero-order valence-corrected chi connectivity index (χ0v) is 31.2. The zero-order valence-electron chi connectivity index (χ0n) is 29.7. The van der Waals surface area contributed by atoms with E-state index in [9.17, 15) is 9.59 Å². The average molecular weight is 776 g/mol. The number of carbonyl (C=O) groups is 2. The lowest BCUT2D eigenvalue weighted by Crippen LogP contribution is -2.30. The summed E-state index contributed by atoms with van der Waals surface area (Å²) in [4.78, 5) is 34.0. The Balaban J connectivity index is 0.000000208. The van der Waals surface area contributed by atoms with Gasteiger partial charge in [-0.05, 0) is 60.7 Å². The van der Waals surface area contributed by atoms with Crippen molar-refractivity contribution in [1.29, 1.82) is 0 Å². The van der Waals surface area contributed by atoms with Crippen molar-refractivity contribution in [2.45, 2.75) is 13.2 Å². The lowest BCUT2D eigenvalue weighted by Gasteiger charge is -2.20. The maximum absolute atomic E-state index is 11.9. The van der Waals surface area contributed by atoms with Crippen LogP contribution in [0.15, 0.2) is 122 Å². The summed E-state index contributed by atoms with van der Waals surface area (Å²) in [5.41, 5.74) is 4.28. The molecule has 0 aliphatic rings. The van der Waals surface area contributed by atoms with Crippen LogP contribution in [0.1, 0.15) is 11.1 Å². The van der Waals surface area contributed by atoms with Crippen LogP contribution in [0.25, 0.3) is 11.4 Å². The number of anilines is 2. The van der Waals surface area contributed by atoms with Crippen LogP contribution in [-0.2, 0) is 32.4 Å². The third-order valence-corrected chi connectivity index (χ3v) is 8.03. The number of carbonyl (C=O) groups excluding carboxylic acids is 2. The van der Waals surface area contributed by atoms with E-state index in [2.05, 4.69) is 10.2 Å². The van der Waals surface area contributed by atoms with E-state index in [-0.39, 0.29) is 13.2 Å². The Hall–Kier alpha value is -6.06. The summed E-state index contributed by atoms with van der Waals surface area (Å²) in [5, 5.41) is 12.2. The standard InChI is InChI=1S/2C19H18ClN3O4/c2*1-25-19(24)23(26-2)17-6-4-3-5-14(17)13-27-18-11-12-22(21-18)16-9-7-15(20)8-10-16/h2*3-12H,13H2,1-2H3. The molecule has 0 spiro atoms. The van der Waals surface area contributed by atoms with Crippen molar-refractivity contribution in [1.82, 2.24) is 19.6 Å². The van der Waals surface area contributed by atoms with Crippen molar-refractivity contribution < 1.29 is 38.2 Å². The number of rotatable bonds is 12. The number of hydrogen-bond acceptors (Lipinski definition) is 10. The quantitative estimate of drug-likeness (QED) is 0.112. The molecule has 6 rings (SSSR count). The number of aromatic nitrogens is 4. The summed E-state index contributed by atoms with van der Waals surface area (Å²) >= 11 is 11.8. The molecule has 0 fully saturated rings. The fraction of sp³-hybridized carbons (Fsp3) is 0.158. The molecule has 0 N–H and O–H groups in total. The third kappa shape index (κ3) is 10.1. The van der Waals surface area contributed by atoms with Gasteiger partial charge in [0.25, 0.3) is 0 Å². The highest BCUT2D eigenvalue weighted by molar-refractivity contribution is 6.30. The monoisotopic (exact) mass is 774 g/mol. The largest absolute Gasteiger partial charge is 0.472 e. The molecule has 0 atom stereocenters. The van der Waals surface area contributed by atoms with Gasteiger partial charge in [-0.25, -0.2) is 19.0 Å². The molecule has 0 saturated heterocycles. The summed E-state index contributed by atoms with van der Waals surface area (Å²) in [7, 11) is 5.36. The van der Waals surface area contributed by atoms with Gasteiger partial charge in [0.2, 0.25) is 11.8 Å². The molecule has 2 heterocycles. The van der Waals surface area contributed by atoms with Crippen LogP contribution in [-0.4, -0.2) is 60.2 Å². The molecule has 280 valence electrons. The first-order chi connectivity index (χ1) is 26.2. The van der Waals surface area contributed by atoms with Gasteiger partial charge < -0.3 is 18.9 Å². The SMILES string of the molecule is COC(=O)N(OC)c1ccccc1COc1ccn(-c2ccc(Cl)cc2)n1.COC(=O)N(OC)c1ccccc1COc1ccn(-c2ccc(Cl)cc2)n1. The van der Waals surface area contributed by atoms with E-state index in [1.54, 1.807) is 82.4 Å². The molecule has 0 unspecified atom stereocenters. The lowest BCUT2D eigenvalue weighted by atomic mass is 10.2. The van der Waals surface area contributed by atoms with Crippen LogP contribution < -0.4 is 19.6 Å². The third-order valence-electron chi connectivity index (χ3n) is 7.53. The molecule has 6 aromatic rings. The molecule has 4 aromatic carbocycles. The summed E-state index contributed by atoms with van der Waals surface area (Å²) < 4.78 is 24.4. The molecule has 54 heavy (non-hydrogen) atoms. The minimum Gasteiger partial charge on any atom is -0.472 e. The summed E-state index contributed by atoms with van der Waals surface area (Å²) in [6.07, 6.45) is 2.33. The van der Waals surface area contributed by atoms with E-state index < -0.39 is 12.2 Å². The first-order valence-corrected chi connectivity index (χ1v) is 16.9. The second kappa shape index (κ2) is 19.1. The maximum Gasteiger partial charge on any atom is 0.438 e. The molecular weight excluding hydrogens is 739 g/mol. The molecule has 2 amide bonds. The van der Waals surface area contributed by atoms with E-state index in [0.29, 0.717) is 33.2 Å². The van der Waals surface area contributed by atoms with Gasteiger partial charge in [0.05, 0.1) is 51.2 Å². The lowest BCUT2D eigenvalue weighted by molar-refractivity contribution is 0.115. The fourth-order valence-electron chi connectivity index (χ4n) is 4.92. The van der Waals surface area contributed by atoms with Gasteiger partial charge in [-0.1, -0.05) is 59.6 Å². The van der Waals surface area contributed by atoms with Crippen molar-refractivity contribution >= 4 is 46.8 Å². The van der Waals surface area contributed by atoms with E-state index in [1.165, 1.54) is 28.4 Å². The zero-order chi connectivity index (χ0) is 38.5. The fourth-order valence-corrected chi connectivity index (χ4v) is 5.17. The Bertz CT molecular complexity index is 1970. The second-order valence-corrected chi connectivity index (χ2v) is 11.8. The van der Waals surface area contributed by atoms with E-state index >= 15 is 0 Å². The van der Waals surface area contributed by atoms with Gasteiger partial charge >= 0.3 is 12.2 Å². The van der Waals surface area contributed by atoms with E-state index in [0.717, 1.165) is 32.6 Å².